The number of hydrogen-bond acceptors (Lipinski definition) is 5. The summed E-state index contributed by atoms with van der Waals surface area (Å²) in [5, 5.41) is 1.12. The van der Waals surface area contributed by atoms with Crippen molar-refractivity contribution in [3.8, 4) is 11.5 Å². The third kappa shape index (κ3) is 3.66. The van der Waals surface area contributed by atoms with Crippen LogP contribution in [0.3, 0.4) is 0 Å². The lowest BCUT2D eigenvalue weighted by atomic mass is 9.69. The standard InChI is InChI=1S/C29H31N3O4/c1-35-26-6-4-5-25-27(26)29(28(34)32(25)18-21(19-33)31-15-2-3-16-31)12-9-22(10-13-29)36-23-7-8-24-20(17-23)11-14-30-24/h4-8,11,14,17,22,30H,2-3,9-10,12-13,15-16,18H2,1H3. The Bertz CT molecular complexity index is 1340. The highest BCUT2D eigenvalue weighted by molar-refractivity contribution is 6.09. The van der Waals surface area contributed by atoms with Crippen molar-refractivity contribution in [3.63, 3.8) is 0 Å². The number of likely N-dealkylation sites (tertiary alicyclic amines) is 1. The minimum Gasteiger partial charge on any atom is -0.496 e. The Kier molecular flexibility index (Phi) is 5.73. The van der Waals surface area contributed by atoms with Gasteiger partial charge >= 0.3 is 0 Å². The van der Waals surface area contributed by atoms with Gasteiger partial charge in [-0.1, -0.05) is 6.07 Å². The first-order valence-corrected chi connectivity index (χ1v) is 12.8. The molecule has 186 valence electrons. The van der Waals surface area contributed by atoms with Gasteiger partial charge in [0.05, 0.1) is 30.9 Å². The van der Waals surface area contributed by atoms with Gasteiger partial charge in [0, 0.05) is 35.8 Å². The number of fused-ring (bicyclic) bond motifs is 3. The minimum absolute atomic E-state index is 0.0436. The smallest absolute Gasteiger partial charge is 0.238 e. The van der Waals surface area contributed by atoms with E-state index in [1.807, 2.05) is 42.6 Å². The maximum atomic E-state index is 14.1. The van der Waals surface area contributed by atoms with E-state index in [-0.39, 0.29) is 18.6 Å². The second-order valence-corrected chi connectivity index (χ2v) is 10.1. The van der Waals surface area contributed by atoms with Gasteiger partial charge in [0.15, 0.2) is 0 Å². The summed E-state index contributed by atoms with van der Waals surface area (Å²) in [7, 11) is 1.66. The molecule has 1 saturated carbocycles. The fourth-order valence-corrected chi connectivity index (χ4v) is 6.32. The van der Waals surface area contributed by atoms with Gasteiger partial charge in [-0.15, -0.1) is 0 Å². The predicted molar refractivity (Wildman–Crippen MR) is 138 cm³/mol. The number of anilines is 1. The summed E-state index contributed by atoms with van der Waals surface area (Å²) in [5.41, 5.74) is 2.79. The Hall–Kier alpha value is -3.70. The number of ether oxygens (including phenoxy) is 2. The average Bonchev–Trinajstić information content (AvgIpc) is 3.65. The molecule has 1 aromatic heterocycles. The Morgan fingerprint density at radius 3 is 2.69 bits per heavy atom. The number of hydrogen-bond donors (Lipinski definition) is 1. The molecule has 3 heterocycles. The van der Waals surface area contributed by atoms with Crippen LogP contribution >= 0.6 is 0 Å². The number of rotatable bonds is 6. The van der Waals surface area contributed by atoms with Gasteiger partial charge in [-0.2, -0.15) is 0 Å². The van der Waals surface area contributed by atoms with Crippen molar-refractivity contribution in [2.75, 3.05) is 31.6 Å². The molecule has 1 spiro atoms. The van der Waals surface area contributed by atoms with Crippen LogP contribution in [0.15, 0.2) is 54.4 Å². The quantitative estimate of drug-likeness (QED) is 0.517. The summed E-state index contributed by atoms with van der Waals surface area (Å²) in [4.78, 5) is 33.1. The SMILES string of the molecule is COc1cccc2c1C1(CCC(Oc3ccc4[nH]ccc4c3)CC1)C(=O)N2CC(=C=O)N1CCCC1. The first kappa shape index (κ1) is 22.7. The van der Waals surface area contributed by atoms with E-state index in [0.717, 1.165) is 72.4 Å². The lowest BCUT2D eigenvalue weighted by molar-refractivity contribution is -0.124. The van der Waals surface area contributed by atoms with Crippen LogP contribution in [-0.2, 0) is 15.0 Å². The van der Waals surface area contributed by atoms with Crippen molar-refractivity contribution in [1.82, 2.24) is 9.88 Å². The number of H-pyrrole nitrogens is 1. The zero-order valence-corrected chi connectivity index (χ0v) is 20.6. The molecule has 1 saturated heterocycles. The number of benzene rings is 2. The molecule has 2 aromatic carbocycles. The van der Waals surface area contributed by atoms with E-state index in [4.69, 9.17) is 9.47 Å². The molecule has 7 heteroatoms. The van der Waals surface area contributed by atoms with Crippen LogP contribution in [0.4, 0.5) is 5.69 Å². The number of amides is 1. The maximum absolute atomic E-state index is 14.1. The van der Waals surface area contributed by atoms with Crippen LogP contribution in [0, 0.1) is 0 Å². The number of carbonyl (C=O) groups excluding carboxylic acids is 2. The Morgan fingerprint density at radius 2 is 1.94 bits per heavy atom. The van der Waals surface area contributed by atoms with Crippen molar-refractivity contribution in [2.45, 2.75) is 50.0 Å². The van der Waals surface area contributed by atoms with Gasteiger partial charge in [-0.05, 0) is 74.9 Å². The van der Waals surface area contributed by atoms with E-state index in [0.29, 0.717) is 18.5 Å². The van der Waals surface area contributed by atoms with Crippen LogP contribution in [0.2, 0.25) is 0 Å². The number of aromatic amines is 1. The summed E-state index contributed by atoms with van der Waals surface area (Å²) < 4.78 is 12.1. The second-order valence-electron chi connectivity index (χ2n) is 10.1. The largest absolute Gasteiger partial charge is 0.496 e. The van der Waals surface area contributed by atoms with E-state index >= 15 is 0 Å². The molecule has 0 radical (unpaired) electrons. The Labute approximate surface area is 210 Å². The zero-order valence-electron chi connectivity index (χ0n) is 20.6. The van der Waals surface area contributed by atoms with E-state index < -0.39 is 5.41 Å². The normalized spacial score (nSPS) is 23.2. The van der Waals surface area contributed by atoms with Gasteiger partial charge < -0.3 is 24.3 Å². The van der Waals surface area contributed by atoms with E-state index in [9.17, 15) is 9.59 Å². The topological polar surface area (TPSA) is 74.9 Å². The van der Waals surface area contributed by atoms with E-state index in [1.165, 1.54) is 0 Å². The van der Waals surface area contributed by atoms with Gasteiger partial charge in [0.25, 0.3) is 0 Å². The molecule has 36 heavy (non-hydrogen) atoms. The molecule has 3 aliphatic rings. The molecule has 3 aromatic rings. The molecular formula is C29H31N3O4. The molecule has 2 fully saturated rings. The van der Waals surface area contributed by atoms with Crippen molar-refractivity contribution in [1.29, 1.82) is 0 Å². The fourth-order valence-electron chi connectivity index (χ4n) is 6.32. The van der Waals surface area contributed by atoms with Gasteiger partial charge in [0.2, 0.25) is 5.91 Å². The monoisotopic (exact) mass is 485 g/mol. The van der Waals surface area contributed by atoms with Crippen LogP contribution < -0.4 is 14.4 Å². The van der Waals surface area contributed by atoms with Gasteiger partial charge in [-0.25, -0.2) is 4.79 Å². The molecule has 0 atom stereocenters. The van der Waals surface area contributed by atoms with Gasteiger partial charge in [-0.3, -0.25) is 4.79 Å². The van der Waals surface area contributed by atoms with Crippen LogP contribution in [0.5, 0.6) is 11.5 Å². The summed E-state index contributed by atoms with van der Waals surface area (Å²) in [5.74, 6) is 3.78. The maximum Gasteiger partial charge on any atom is 0.238 e. The third-order valence-corrected chi connectivity index (χ3v) is 8.18. The molecule has 1 aliphatic carbocycles. The predicted octanol–water partition coefficient (Wildman–Crippen LogP) is 4.59. The van der Waals surface area contributed by atoms with Crippen molar-refractivity contribution < 1.29 is 19.1 Å². The fraction of sp³-hybridized carbons (Fsp3) is 0.414. The summed E-state index contributed by atoms with van der Waals surface area (Å²) in [6.45, 7) is 1.94. The van der Waals surface area contributed by atoms with Crippen LogP contribution in [0.1, 0.15) is 44.1 Å². The molecule has 0 bridgehead atoms. The molecular weight excluding hydrogens is 454 g/mol. The lowest BCUT2D eigenvalue weighted by Crippen LogP contribution is -2.46. The van der Waals surface area contributed by atoms with Crippen molar-refractivity contribution in [2.24, 2.45) is 0 Å². The van der Waals surface area contributed by atoms with E-state index in [1.54, 1.807) is 12.0 Å². The Morgan fingerprint density at radius 1 is 1.14 bits per heavy atom. The highest BCUT2D eigenvalue weighted by Gasteiger charge is 2.54. The highest BCUT2D eigenvalue weighted by atomic mass is 16.5. The summed E-state index contributed by atoms with van der Waals surface area (Å²) in [6.07, 6.45) is 6.98. The summed E-state index contributed by atoms with van der Waals surface area (Å²) in [6, 6.07) is 14.0. The zero-order chi connectivity index (χ0) is 24.7. The average molecular weight is 486 g/mol. The molecule has 7 nitrogen and oxygen atoms in total. The third-order valence-electron chi connectivity index (χ3n) is 8.18. The number of aromatic nitrogens is 1. The Balaban J connectivity index is 1.26. The molecule has 0 unspecified atom stereocenters. The van der Waals surface area contributed by atoms with Crippen LogP contribution in [-0.4, -0.2) is 54.6 Å². The second kappa shape index (κ2) is 9.07. The van der Waals surface area contributed by atoms with Gasteiger partial charge in [0.1, 0.15) is 23.1 Å². The summed E-state index contributed by atoms with van der Waals surface area (Å²) >= 11 is 0. The molecule has 1 N–H and O–H groups in total. The lowest BCUT2D eigenvalue weighted by Gasteiger charge is -2.37. The number of nitrogens with zero attached hydrogens (tertiary/aromatic N) is 2. The first-order valence-electron chi connectivity index (χ1n) is 12.8. The molecule has 6 rings (SSSR count). The number of carbonyl (C=O) groups is 1. The number of methoxy groups -OCH3 is 1. The molecule has 1 amide bonds. The minimum atomic E-state index is -0.661. The highest BCUT2D eigenvalue weighted by Crippen LogP contribution is 2.54. The van der Waals surface area contributed by atoms with Crippen LogP contribution in [0.25, 0.3) is 10.9 Å². The first-order chi connectivity index (χ1) is 17.6. The van der Waals surface area contributed by atoms with Crippen molar-refractivity contribution in [3.05, 3.63) is 59.9 Å². The number of nitrogens with one attached hydrogen (secondary N) is 1. The van der Waals surface area contributed by atoms with E-state index in [2.05, 4.69) is 21.9 Å². The van der Waals surface area contributed by atoms with Crippen molar-refractivity contribution >= 4 is 28.4 Å². The molecule has 2 aliphatic heterocycles.